The molecule has 1 atom stereocenters. The number of halogens is 3. The van der Waals surface area contributed by atoms with Crippen LogP contribution in [0.4, 0.5) is 8.78 Å². The quantitative estimate of drug-likeness (QED) is 0.887. The zero-order chi connectivity index (χ0) is 14.5. The van der Waals surface area contributed by atoms with Crippen LogP contribution in [-0.4, -0.2) is 6.54 Å². The fourth-order valence-electron chi connectivity index (χ4n) is 2.21. The lowest BCUT2D eigenvalue weighted by molar-refractivity contribution is 0.511. The molecule has 20 heavy (non-hydrogen) atoms. The third kappa shape index (κ3) is 3.78. The molecule has 4 heteroatoms. The van der Waals surface area contributed by atoms with Crippen molar-refractivity contribution in [3.63, 3.8) is 0 Å². The van der Waals surface area contributed by atoms with Crippen LogP contribution in [0.5, 0.6) is 0 Å². The van der Waals surface area contributed by atoms with Crippen LogP contribution in [0, 0.1) is 17.6 Å². The second kappa shape index (κ2) is 6.82. The standard InChI is InChI=1S/C16H16ClF2N/c17-15-3-1-2-13(16(15)19)9-12(10-20)8-11-4-6-14(18)7-5-11/h1-7,12H,8-10,20H2. The predicted molar refractivity (Wildman–Crippen MR) is 77.8 cm³/mol. The molecule has 0 aromatic heterocycles. The van der Waals surface area contributed by atoms with Gasteiger partial charge in [0.2, 0.25) is 0 Å². The van der Waals surface area contributed by atoms with Crippen LogP contribution in [0.1, 0.15) is 11.1 Å². The zero-order valence-electron chi connectivity index (χ0n) is 11.0. The molecule has 0 radical (unpaired) electrons. The highest BCUT2D eigenvalue weighted by Crippen LogP contribution is 2.22. The number of hydrogen-bond acceptors (Lipinski definition) is 1. The molecular formula is C16H16ClF2N. The summed E-state index contributed by atoms with van der Waals surface area (Å²) >= 11 is 5.77. The summed E-state index contributed by atoms with van der Waals surface area (Å²) in [7, 11) is 0. The first-order valence-corrected chi connectivity index (χ1v) is 6.85. The first-order valence-electron chi connectivity index (χ1n) is 6.47. The van der Waals surface area contributed by atoms with Crippen LogP contribution in [0.25, 0.3) is 0 Å². The van der Waals surface area contributed by atoms with Crippen molar-refractivity contribution >= 4 is 11.6 Å². The number of hydrogen-bond donors (Lipinski definition) is 1. The normalized spacial score (nSPS) is 12.4. The van der Waals surface area contributed by atoms with Crippen LogP contribution in [-0.2, 0) is 12.8 Å². The van der Waals surface area contributed by atoms with Gasteiger partial charge in [0.1, 0.15) is 11.6 Å². The van der Waals surface area contributed by atoms with E-state index in [1.54, 1.807) is 24.3 Å². The molecule has 2 aromatic carbocycles. The summed E-state index contributed by atoms with van der Waals surface area (Å²) in [6.07, 6.45) is 1.20. The summed E-state index contributed by atoms with van der Waals surface area (Å²) < 4.78 is 26.7. The summed E-state index contributed by atoms with van der Waals surface area (Å²) in [5.41, 5.74) is 7.31. The highest BCUT2D eigenvalue weighted by atomic mass is 35.5. The van der Waals surface area contributed by atoms with E-state index >= 15 is 0 Å². The van der Waals surface area contributed by atoms with E-state index in [9.17, 15) is 8.78 Å². The van der Waals surface area contributed by atoms with E-state index < -0.39 is 0 Å². The lowest BCUT2D eigenvalue weighted by atomic mass is 9.92. The minimum Gasteiger partial charge on any atom is -0.330 e. The van der Waals surface area contributed by atoms with Crippen molar-refractivity contribution in [2.24, 2.45) is 11.7 Å². The summed E-state index contributed by atoms with van der Waals surface area (Å²) in [5, 5.41) is 0.125. The van der Waals surface area contributed by atoms with Crippen molar-refractivity contribution < 1.29 is 8.78 Å². The smallest absolute Gasteiger partial charge is 0.144 e. The highest BCUT2D eigenvalue weighted by Gasteiger charge is 2.13. The Bertz CT molecular complexity index is 569. The lowest BCUT2D eigenvalue weighted by Gasteiger charge is -2.15. The van der Waals surface area contributed by atoms with Gasteiger partial charge in [0.25, 0.3) is 0 Å². The van der Waals surface area contributed by atoms with Crippen LogP contribution < -0.4 is 5.73 Å². The van der Waals surface area contributed by atoms with Crippen molar-refractivity contribution in [3.8, 4) is 0 Å². The zero-order valence-corrected chi connectivity index (χ0v) is 11.7. The molecule has 0 saturated carbocycles. The molecule has 2 rings (SSSR count). The van der Waals surface area contributed by atoms with Gasteiger partial charge in [-0.05, 0) is 54.6 Å². The molecule has 2 aromatic rings. The summed E-state index contributed by atoms with van der Waals surface area (Å²) in [6, 6.07) is 11.3. The van der Waals surface area contributed by atoms with E-state index in [1.807, 2.05) is 0 Å². The van der Waals surface area contributed by atoms with E-state index in [2.05, 4.69) is 0 Å². The topological polar surface area (TPSA) is 26.0 Å². The molecule has 1 unspecified atom stereocenters. The van der Waals surface area contributed by atoms with Crippen molar-refractivity contribution in [2.45, 2.75) is 12.8 Å². The Morgan fingerprint density at radius 1 is 1.00 bits per heavy atom. The van der Waals surface area contributed by atoms with Gasteiger partial charge in [-0.2, -0.15) is 0 Å². The molecule has 0 saturated heterocycles. The van der Waals surface area contributed by atoms with Gasteiger partial charge >= 0.3 is 0 Å². The minimum atomic E-state index is -0.383. The van der Waals surface area contributed by atoms with E-state index in [0.717, 1.165) is 5.56 Å². The summed E-state index contributed by atoms with van der Waals surface area (Å²) in [6.45, 7) is 0.434. The molecule has 2 N–H and O–H groups in total. The molecule has 0 heterocycles. The number of rotatable bonds is 5. The van der Waals surface area contributed by atoms with Gasteiger partial charge in [0, 0.05) is 0 Å². The molecule has 1 nitrogen and oxygen atoms in total. The van der Waals surface area contributed by atoms with Crippen LogP contribution >= 0.6 is 11.6 Å². The Hall–Kier alpha value is -1.45. The van der Waals surface area contributed by atoms with Gasteiger partial charge in [0.15, 0.2) is 0 Å². The van der Waals surface area contributed by atoms with E-state index in [4.69, 9.17) is 17.3 Å². The van der Waals surface area contributed by atoms with Gasteiger partial charge in [-0.25, -0.2) is 8.78 Å². The maximum atomic E-state index is 13.9. The monoisotopic (exact) mass is 295 g/mol. The largest absolute Gasteiger partial charge is 0.330 e. The Balaban J connectivity index is 2.09. The van der Waals surface area contributed by atoms with Crippen molar-refractivity contribution in [3.05, 3.63) is 70.2 Å². The van der Waals surface area contributed by atoms with Gasteiger partial charge in [-0.15, -0.1) is 0 Å². The average Bonchev–Trinajstić information content (AvgIpc) is 2.45. The van der Waals surface area contributed by atoms with E-state index in [0.29, 0.717) is 24.9 Å². The second-order valence-electron chi connectivity index (χ2n) is 4.85. The minimum absolute atomic E-state index is 0.0911. The van der Waals surface area contributed by atoms with E-state index in [-0.39, 0.29) is 22.6 Å². The lowest BCUT2D eigenvalue weighted by Crippen LogP contribution is -2.20. The SMILES string of the molecule is NCC(Cc1ccc(F)cc1)Cc1cccc(Cl)c1F. The van der Waals surface area contributed by atoms with Crippen molar-refractivity contribution in [1.29, 1.82) is 0 Å². The molecule has 0 aliphatic heterocycles. The maximum Gasteiger partial charge on any atom is 0.144 e. The summed E-state index contributed by atoms with van der Waals surface area (Å²) in [4.78, 5) is 0. The van der Waals surface area contributed by atoms with Crippen LogP contribution in [0.2, 0.25) is 5.02 Å². The van der Waals surface area contributed by atoms with Crippen LogP contribution in [0.15, 0.2) is 42.5 Å². The maximum absolute atomic E-state index is 13.9. The molecule has 0 aliphatic rings. The van der Waals surface area contributed by atoms with Gasteiger partial charge in [-0.3, -0.25) is 0 Å². The predicted octanol–water partition coefficient (Wildman–Crippen LogP) is 3.98. The molecule has 0 amide bonds. The van der Waals surface area contributed by atoms with Gasteiger partial charge in [0.05, 0.1) is 5.02 Å². The Kier molecular flexibility index (Phi) is 5.10. The number of benzene rings is 2. The third-order valence-electron chi connectivity index (χ3n) is 3.31. The average molecular weight is 296 g/mol. The van der Waals surface area contributed by atoms with Gasteiger partial charge in [-0.1, -0.05) is 35.9 Å². The third-order valence-corrected chi connectivity index (χ3v) is 3.60. The molecule has 0 bridgehead atoms. The molecule has 106 valence electrons. The first kappa shape index (κ1) is 14.9. The van der Waals surface area contributed by atoms with Crippen molar-refractivity contribution in [2.75, 3.05) is 6.54 Å². The molecule has 0 aliphatic carbocycles. The number of nitrogens with two attached hydrogens (primary N) is 1. The fourth-order valence-corrected chi connectivity index (χ4v) is 2.40. The Labute approximate surface area is 122 Å². The summed E-state index contributed by atoms with van der Waals surface area (Å²) in [5.74, 6) is -0.556. The molecular weight excluding hydrogens is 280 g/mol. The fraction of sp³-hybridized carbons (Fsp3) is 0.250. The Morgan fingerprint density at radius 2 is 1.70 bits per heavy atom. The van der Waals surface area contributed by atoms with E-state index in [1.165, 1.54) is 18.2 Å². The first-order chi connectivity index (χ1) is 9.60. The molecule has 0 spiro atoms. The Morgan fingerprint density at radius 3 is 2.35 bits per heavy atom. The molecule has 0 fully saturated rings. The second-order valence-corrected chi connectivity index (χ2v) is 5.26. The van der Waals surface area contributed by atoms with Crippen molar-refractivity contribution in [1.82, 2.24) is 0 Å². The van der Waals surface area contributed by atoms with Gasteiger partial charge < -0.3 is 5.73 Å². The van der Waals surface area contributed by atoms with Crippen LogP contribution in [0.3, 0.4) is 0 Å². The highest BCUT2D eigenvalue weighted by molar-refractivity contribution is 6.30.